The van der Waals surface area contributed by atoms with Gasteiger partial charge in [-0.3, -0.25) is 14.9 Å². The molecule has 0 bridgehead atoms. The summed E-state index contributed by atoms with van der Waals surface area (Å²) >= 11 is 0. The first kappa shape index (κ1) is 11.1. The molecule has 7 heteroatoms. The van der Waals surface area contributed by atoms with Crippen molar-refractivity contribution in [3.8, 4) is 11.4 Å². The smallest absolute Gasteiger partial charge is 0.239 e. The van der Waals surface area contributed by atoms with E-state index in [-0.39, 0.29) is 11.9 Å². The molecule has 0 atom stereocenters. The molecule has 0 aliphatic rings. The van der Waals surface area contributed by atoms with Crippen molar-refractivity contribution in [3.63, 3.8) is 0 Å². The van der Waals surface area contributed by atoms with Crippen LogP contribution in [0.3, 0.4) is 0 Å². The van der Waals surface area contributed by atoms with Gasteiger partial charge in [0.15, 0.2) is 5.82 Å². The minimum atomic E-state index is -0.0962. The van der Waals surface area contributed by atoms with E-state index in [1.807, 2.05) is 6.07 Å². The van der Waals surface area contributed by atoms with E-state index >= 15 is 0 Å². The van der Waals surface area contributed by atoms with Gasteiger partial charge in [0.05, 0.1) is 12.2 Å². The molecule has 0 saturated heterocycles. The van der Waals surface area contributed by atoms with E-state index in [9.17, 15) is 4.79 Å². The summed E-state index contributed by atoms with van der Waals surface area (Å²) in [4.78, 5) is 18.9. The summed E-state index contributed by atoms with van der Waals surface area (Å²) in [5.41, 5.74) is 6.99. The van der Waals surface area contributed by atoms with E-state index in [0.29, 0.717) is 12.4 Å². The number of aromatic nitrogens is 4. The van der Waals surface area contributed by atoms with E-state index in [1.54, 1.807) is 12.3 Å². The van der Waals surface area contributed by atoms with Gasteiger partial charge in [0.1, 0.15) is 0 Å². The van der Waals surface area contributed by atoms with Crippen molar-refractivity contribution < 1.29 is 4.79 Å². The van der Waals surface area contributed by atoms with E-state index in [0.717, 1.165) is 11.3 Å². The van der Waals surface area contributed by atoms with Gasteiger partial charge in [-0.05, 0) is 12.1 Å². The Morgan fingerprint density at radius 2 is 2.41 bits per heavy atom. The number of carbonyl (C=O) groups excluding carboxylic acids is 1. The first-order valence-corrected chi connectivity index (χ1v) is 5.03. The highest BCUT2D eigenvalue weighted by Crippen LogP contribution is 2.15. The minimum absolute atomic E-state index is 0.0962. The lowest BCUT2D eigenvalue weighted by atomic mass is 10.2. The number of amides is 1. The third kappa shape index (κ3) is 2.77. The van der Waals surface area contributed by atoms with Gasteiger partial charge in [-0.15, -0.1) is 5.10 Å². The Balaban J connectivity index is 2.19. The van der Waals surface area contributed by atoms with Crippen LogP contribution in [0.15, 0.2) is 18.3 Å². The molecule has 0 radical (unpaired) electrons. The van der Waals surface area contributed by atoms with Crippen LogP contribution in [-0.2, 0) is 11.3 Å². The fourth-order valence-corrected chi connectivity index (χ4v) is 1.34. The molecule has 0 aliphatic carbocycles. The van der Waals surface area contributed by atoms with Crippen LogP contribution in [0.4, 0.5) is 5.95 Å². The lowest BCUT2D eigenvalue weighted by Gasteiger charge is -2.02. The van der Waals surface area contributed by atoms with Gasteiger partial charge in [-0.2, -0.15) is 4.98 Å². The quantitative estimate of drug-likeness (QED) is 0.694. The second-order valence-electron chi connectivity index (χ2n) is 3.49. The fraction of sp³-hybridized carbons (Fsp3) is 0.200. The molecule has 2 aromatic rings. The monoisotopic (exact) mass is 232 g/mol. The molecular formula is C10H12N6O. The van der Waals surface area contributed by atoms with Crippen molar-refractivity contribution in [2.45, 2.75) is 13.5 Å². The van der Waals surface area contributed by atoms with E-state index in [1.165, 1.54) is 6.92 Å². The third-order valence-corrected chi connectivity index (χ3v) is 2.11. The van der Waals surface area contributed by atoms with Crippen molar-refractivity contribution in [1.82, 2.24) is 25.5 Å². The van der Waals surface area contributed by atoms with Crippen LogP contribution in [0.25, 0.3) is 11.4 Å². The van der Waals surface area contributed by atoms with E-state index in [4.69, 9.17) is 5.73 Å². The number of pyridine rings is 1. The summed E-state index contributed by atoms with van der Waals surface area (Å²) in [6.45, 7) is 1.84. The molecule has 4 N–H and O–H groups in total. The molecule has 2 aromatic heterocycles. The van der Waals surface area contributed by atoms with Crippen LogP contribution in [0.2, 0.25) is 0 Å². The molecule has 17 heavy (non-hydrogen) atoms. The van der Waals surface area contributed by atoms with Gasteiger partial charge in [0.25, 0.3) is 0 Å². The Hall–Kier alpha value is -2.44. The molecule has 1 amide bonds. The number of hydrogen-bond donors (Lipinski definition) is 3. The summed E-state index contributed by atoms with van der Waals surface area (Å²) in [5, 5.41) is 9.13. The van der Waals surface area contributed by atoms with Gasteiger partial charge in [-0.1, -0.05) is 0 Å². The third-order valence-electron chi connectivity index (χ3n) is 2.11. The summed E-state index contributed by atoms with van der Waals surface area (Å²) in [6.07, 6.45) is 1.64. The number of rotatable bonds is 3. The van der Waals surface area contributed by atoms with Gasteiger partial charge in [-0.25, -0.2) is 0 Å². The summed E-state index contributed by atoms with van der Waals surface area (Å²) < 4.78 is 0. The predicted molar refractivity (Wildman–Crippen MR) is 61.5 cm³/mol. The first-order chi connectivity index (χ1) is 8.15. The molecule has 0 unspecified atom stereocenters. The molecule has 2 heterocycles. The Morgan fingerprint density at radius 1 is 1.59 bits per heavy atom. The van der Waals surface area contributed by atoms with Gasteiger partial charge >= 0.3 is 0 Å². The average molecular weight is 232 g/mol. The first-order valence-electron chi connectivity index (χ1n) is 5.03. The highest BCUT2D eigenvalue weighted by molar-refractivity contribution is 5.72. The Labute approximate surface area is 97.5 Å². The molecule has 0 aliphatic heterocycles. The van der Waals surface area contributed by atoms with Crippen LogP contribution in [0.1, 0.15) is 12.6 Å². The summed E-state index contributed by atoms with van der Waals surface area (Å²) in [6, 6.07) is 3.60. The molecule has 88 valence electrons. The second-order valence-corrected chi connectivity index (χ2v) is 3.49. The van der Waals surface area contributed by atoms with Crippen LogP contribution in [-0.4, -0.2) is 26.1 Å². The van der Waals surface area contributed by atoms with Crippen LogP contribution in [0, 0.1) is 0 Å². The number of nitrogen functional groups attached to an aromatic ring is 1. The van der Waals surface area contributed by atoms with E-state index < -0.39 is 0 Å². The van der Waals surface area contributed by atoms with Crippen molar-refractivity contribution in [3.05, 3.63) is 24.0 Å². The molecule has 0 aromatic carbocycles. The largest absolute Gasteiger partial charge is 0.366 e. The van der Waals surface area contributed by atoms with Crippen LogP contribution in [0.5, 0.6) is 0 Å². The van der Waals surface area contributed by atoms with Crippen molar-refractivity contribution in [1.29, 1.82) is 0 Å². The van der Waals surface area contributed by atoms with Crippen molar-refractivity contribution >= 4 is 11.9 Å². The zero-order chi connectivity index (χ0) is 12.3. The number of hydrogen-bond acceptors (Lipinski definition) is 5. The second kappa shape index (κ2) is 4.60. The number of carbonyl (C=O) groups is 1. The number of anilines is 1. The van der Waals surface area contributed by atoms with Crippen molar-refractivity contribution in [2.24, 2.45) is 0 Å². The highest BCUT2D eigenvalue weighted by atomic mass is 16.1. The zero-order valence-corrected chi connectivity index (χ0v) is 9.27. The maximum atomic E-state index is 10.8. The Kier molecular flexibility index (Phi) is 2.99. The SMILES string of the molecule is CC(=O)NCc1cc(-c2nc(N)n[nH]2)ccn1. The normalized spacial score (nSPS) is 10.2. The van der Waals surface area contributed by atoms with Gasteiger partial charge in [0.2, 0.25) is 11.9 Å². The number of aromatic amines is 1. The lowest BCUT2D eigenvalue weighted by molar-refractivity contribution is -0.119. The molecule has 2 rings (SSSR count). The summed E-state index contributed by atoms with van der Waals surface area (Å²) in [7, 11) is 0. The minimum Gasteiger partial charge on any atom is -0.366 e. The maximum Gasteiger partial charge on any atom is 0.239 e. The number of nitrogens with zero attached hydrogens (tertiary/aromatic N) is 3. The molecule has 0 fully saturated rings. The fourth-order valence-electron chi connectivity index (χ4n) is 1.34. The average Bonchev–Trinajstić information content (AvgIpc) is 2.74. The standard InChI is InChI=1S/C10H12N6O/c1-6(17)13-5-8-4-7(2-3-12-8)9-14-10(11)16-15-9/h2-4H,5H2,1H3,(H,13,17)(H3,11,14,15,16). The molecule has 0 spiro atoms. The topological polar surface area (TPSA) is 110 Å². The van der Waals surface area contributed by atoms with Gasteiger partial charge in [0, 0.05) is 18.7 Å². The Bertz CT molecular complexity index is 535. The lowest BCUT2D eigenvalue weighted by Crippen LogP contribution is -2.19. The van der Waals surface area contributed by atoms with Crippen LogP contribution >= 0.6 is 0 Å². The maximum absolute atomic E-state index is 10.8. The van der Waals surface area contributed by atoms with Crippen LogP contribution < -0.4 is 11.1 Å². The predicted octanol–water partition coefficient (Wildman–Crippen LogP) is 0.0850. The zero-order valence-electron chi connectivity index (χ0n) is 9.27. The van der Waals surface area contributed by atoms with Crippen molar-refractivity contribution in [2.75, 3.05) is 5.73 Å². The molecule has 0 saturated carbocycles. The number of nitrogens with two attached hydrogens (primary N) is 1. The molecular weight excluding hydrogens is 220 g/mol. The Morgan fingerprint density at radius 3 is 3.06 bits per heavy atom. The molecule has 7 nitrogen and oxygen atoms in total. The number of nitrogens with one attached hydrogen (secondary N) is 2. The van der Waals surface area contributed by atoms with E-state index in [2.05, 4.69) is 25.5 Å². The summed E-state index contributed by atoms with van der Waals surface area (Å²) in [5.74, 6) is 0.676. The number of H-pyrrole nitrogens is 1. The highest BCUT2D eigenvalue weighted by Gasteiger charge is 2.05. The van der Waals surface area contributed by atoms with Gasteiger partial charge < -0.3 is 11.1 Å².